The van der Waals surface area contributed by atoms with Crippen molar-refractivity contribution in [1.29, 1.82) is 0 Å². The molecule has 0 fully saturated rings. The molecule has 1 N–H and O–H groups in total. The normalized spacial score (nSPS) is 13.1. The van der Waals surface area contributed by atoms with E-state index in [1.807, 2.05) is 25.1 Å². The molecule has 1 aromatic carbocycles. The van der Waals surface area contributed by atoms with Gasteiger partial charge in [-0.3, -0.25) is 0 Å². The Morgan fingerprint density at radius 1 is 1.38 bits per heavy atom. The minimum absolute atomic E-state index is 0.443. The molecule has 1 rings (SSSR count). The first-order valence-corrected chi connectivity index (χ1v) is 6.57. The molecule has 5 heteroatoms. The molecule has 0 aliphatic heterocycles. The van der Waals surface area contributed by atoms with Crippen molar-refractivity contribution >= 4 is 35.0 Å². The molecule has 16 heavy (non-hydrogen) atoms. The van der Waals surface area contributed by atoms with Gasteiger partial charge in [0, 0.05) is 16.5 Å². The fraction of sp³-hybridized carbons (Fsp3) is 0.455. The Balaban J connectivity index is 2.52. The summed E-state index contributed by atoms with van der Waals surface area (Å²) in [6.07, 6.45) is 0.705. The van der Waals surface area contributed by atoms with Gasteiger partial charge in [-0.25, -0.2) is 0 Å². The van der Waals surface area contributed by atoms with E-state index in [9.17, 15) is 5.11 Å². The van der Waals surface area contributed by atoms with E-state index >= 15 is 0 Å². The summed E-state index contributed by atoms with van der Waals surface area (Å²) in [4.78, 5) is 2.89. The van der Waals surface area contributed by atoms with Crippen LogP contribution in [0.4, 0.5) is 0 Å². The second-order valence-corrected chi connectivity index (χ2v) is 5.80. The molecule has 0 spiro atoms. The number of benzene rings is 1. The highest BCUT2D eigenvalue weighted by Gasteiger charge is 2.09. The zero-order valence-corrected chi connectivity index (χ0v) is 11.6. The van der Waals surface area contributed by atoms with Crippen LogP contribution in [0.1, 0.15) is 6.42 Å². The summed E-state index contributed by atoms with van der Waals surface area (Å²) in [5.41, 5.74) is -0.443. The van der Waals surface area contributed by atoms with E-state index in [1.54, 1.807) is 12.1 Å². The highest BCUT2D eigenvalue weighted by atomic mass is 35.5. The Hall–Kier alpha value is 0.0700. The SMILES string of the molecule is CN(C)CCC(O)Sc1ccc(Cl)cc1Cl. The highest BCUT2D eigenvalue weighted by molar-refractivity contribution is 7.99. The van der Waals surface area contributed by atoms with Gasteiger partial charge in [0.1, 0.15) is 5.44 Å². The fourth-order valence-electron chi connectivity index (χ4n) is 1.14. The zero-order chi connectivity index (χ0) is 12.1. The summed E-state index contributed by atoms with van der Waals surface area (Å²) < 4.78 is 0. The molecule has 0 saturated carbocycles. The predicted molar refractivity (Wildman–Crippen MR) is 71.5 cm³/mol. The summed E-state index contributed by atoms with van der Waals surface area (Å²) in [7, 11) is 3.96. The van der Waals surface area contributed by atoms with Crippen molar-refractivity contribution in [2.24, 2.45) is 0 Å². The van der Waals surface area contributed by atoms with Crippen LogP contribution in [-0.4, -0.2) is 36.1 Å². The van der Waals surface area contributed by atoms with Crippen molar-refractivity contribution in [3.63, 3.8) is 0 Å². The highest BCUT2D eigenvalue weighted by Crippen LogP contribution is 2.32. The van der Waals surface area contributed by atoms with Crippen LogP contribution in [-0.2, 0) is 0 Å². The molecule has 0 heterocycles. The fourth-order valence-corrected chi connectivity index (χ4v) is 2.52. The first kappa shape index (κ1) is 14.1. The molecule has 0 aliphatic rings. The summed E-state index contributed by atoms with van der Waals surface area (Å²) in [6, 6.07) is 5.28. The number of nitrogens with zero attached hydrogens (tertiary/aromatic N) is 1. The molecule has 2 nitrogen and oxygen atoms in total. The van der Waals surface area contributed by atoms with Crippen LogP contribution in [0.2, 0.25) is 10.0 Å². The van der Waals surface area contributed by atoms with Gasteiger partial charge in [0.05, 0.1) is 5.02 Å². The topological polar surface area (TPSA) is 23.5 Å². The molecule has 0 aromatic heterocycles. The van der Waals surface area contributed by atoms with Crippen molar-refractivity contribution in [3.05, 3.63) is 28.2 Å². The van der Waals surface area contributed by atoms with E-state index in [0.29, 0.717) is 16.5 Å². The van der Waals surface area contributed by atoms with Crippen LogP contribution < -0.4 is 0 Å². The van der Waals surface area contributed by atoms with Gasteiger partial charge >= 0.3 is 0 Å². The molecule has 90 valence electrons. The van der Waals surface area contributed by atoms with Crippen LogP contribution >= 0.6 is 35.0 Å². The van der Waals surface area contributed by atoms with Crippen LogP contribution in [0.15, 0.2) is 23.1 Å². The molecule has 0 saturated heterocycles. The van der Waals surface area contributed by atoms with E-state index in [0.717, 1.165) is 11.4 Å². The maximum absolute atomic E-state index is 9.79. The maximum atomic E-state index is 9.79. The average molecular weight is 280 g/mol. The minimum atomic E-state index is -0.443. The van der Waals surface area contributed by atoms with Crippen LogP contribution in [0.3, 0.4) is 0 Å². The van der Waals surface area contributed by atoms with Crippen LogP contribution in [0.5, 0.6) is 0 Å². The van der Waals surface area contributed by atoms with Crippen LogP contribution in [0, 0.1) is 0 Å². The Morgan fingerprint density at radius 2 is 2.06 bits per heavy atom. The summed E-state index contributed by atoms with van der Waals surface area (Å²) in [5.74, 6) is 0. The number of hydrogen-bond acceptors (Lipinski definition) is 3. The molecule has 0 bridgehead atoms. The molecule has 1 aromatic rings. The number of aliphatic hydroxyl groups is 1. The number of thioether (sulfide) groups is 1. The smallest absolute Gasteiger partial charge is 0.105 e. The van der Waals surface area contributed by atoms with Crippen molar-refractivity contribution in [2.75, 3.05) is 20.6 Å². The van der Waals surface area contributed by atoms with Crippen LogP contribution in [0.25, 0.3) is 0 Å². The number of rotatable bonds is 5. The monoisotopic (exact) mass is 279 g/mol. The van der Waals surface area contributed by atoms with Crippen molar-refractivity contribution < 1.29 is 5.11 Å². The minimum Gasteiger partial charge on any atom is -0.382 e. The van der Waals surface area contributed by atoms with Gasteiger partial charge in [-0.05, 0) is 38.7 Å². The predicted octanol–water partition coefficient (Wildman–Crippen LogP) is 3.36. The van der Waals surface area contributed by atoms with Gasteiger partial charge in [0.15, 0.2) is 0 Å². The summed E-state index contributed by atoms with van der Waals surface area (Å²) in [5, 5.41) is 11.0. The molecule has 0 amide bonds. The zero-order valence-electron chi connectivity index (χ0n) is 9.28. The van der Waals surface area contributed by atoms with Gasteiger partial charge < -0.3 is 10.0 Å². The summed E-state index contributed by atoms with van der Waals surface area (Å²) in [6.45, 7) is 0.847. The Labute approximate surface area is 111 Å². The van der Waals surface area contributed by atoms with E-state index < -0.39 is 5.44 Å². The van der Waals surface area contributed by atoms with E-state index in [-0.39, 0.29) is 0 Å². The molecular formula is C11H15Cl2NOS. The van der Waals surface area contributed by atoms with Gasteiger partial charge in [-0.1, -0.05) is 35.0 Å². The first-order valence-electron chi connectivity index (χ1n) is 4.93. The lowest BCUT2D eigenvalue weighted by atomic mass is 10.4. The Morgan fingerprint density at radius 3 is 2.62 bits per heavy atom. The Kier molecular flexibility index (Phi) is 5.94. The maximum Gasteiger partial charge on any atom is 0.105 e. The first-order chi connectivity index (χ1) is 7.49. The van der Waals surface area contributed by atoms with E-state index in [2.05, 4.69) is 0 Å². The summed E-state index contributed by atoms with van der Waals surface area (Å²) >= 11 is 13.2. The molecule has 0 aliphatic carbocycles. The molecular weight excluding hydrogens is 265 g/mol. The van der Waals surface area contributed by atoms with Gasteiger partial charge in [0.2, 0.25) is 0 Å². The average Bonchev–Trinajstić information content (AvgIpc) is 2.19. The Bertz CT molecular complexity index is 347. The third kappa shape index (κ3) is 4.93. The second kappa shape index (κ2) is 6.72. The third-order valence-electron chi connectivity index (χ3n) is 1.98. The van der Waals surface area contributed by atoms with E-state index in [1.165, 1.54) is 11.8 Å². The largest absolute Gasteiger partial charge is 0.382 e. The quantitative estimate of drug-likeness (QED) is 0.661. The van der Waals surface area contributed by atoms with Crippen molar-refractivity contribution in [3.8, 4) is 0 Å². The lowest BCUT2D eigenvalue weighted by Crippen LogP contribution is -2.17. The molecule has 0 radical (unpaired) electrons. The third-order valence-corrected chi connectivity index (χ3v) is 3.76. The standard InChI is InChI=1S/C11H15Cl2NOS/c1-14(2)6-5-11(15)16-10-4-3-8(12)7-9(10)13/h3-4,7,11,15H,5-6H2,1-2H3. The number of hydrogen-bond donors (Lipinski definition) is 1. The molecule has 1 unspecified atom stereocenters. The lowest BCUT2D eigenvalue weighted by molar-refractivity contribution is 0.232. The van der Waals surface area contributed by atoms with Crippen molar-refractivity contribution in [2.45, 2.75) is 16.8 Å². The van der Waals surface area contributed by atoms with Crippen molar-refractivity contribution in [1.82, 2.24) is 4.90 Å². The van der Waals surface area contributed by atoms with E-state index in [4.69, 9.17) is 23.2 Å². The van der Waals surface area contributed by atoms with Gasteiger partial charge in [-0.15, -0.1) is 0 Å². The molecule has 1 atom stereocenters. The van der Waals surface area contributed by atoms with Gasteiger partial charge in [0.25, 0.3) is 0 Å². The lowest BCUT2D eigenvalue weighted by Gasteiger charge is -2.14. The number of halogens is 2. The second-order valence-electron chi connectivity index (χ2n) is 3.74. The van der Waals surface area contributed by atoms with Gasteiger partial charge in [-0.2, -0.15) is 0 Å². The number of aliphatic hydroxyl groups excluding tert-OH is 1.